The smallest absolute Gasteiger partial charge is 0.251 e. The van der Waals surface area contributed by atoms with Crippen LogP contribution in [-0.4, -0.2) is 15.5 Å². The second-order valence-corrected chi connectivity index (χ2v) is 9.10. The van der Waals surface area contributed by atoms with Gasteiger partial charge in [0.2, 0.25) is 0 Å². The topological polar surface area (TPSA) is 46.9 Å². The van der Waals surface area contributed by atoms with E-state index in [0.29, 0.717) is 18.7 Å². The Morgan fingerprint density at radius 3 is 2.29 bits per heavy atom. The van der Waals surface area contributed by atoms with Crippen molar-refractivity contribution in [3.8, 4) is 0 Å². The van der Waals surface area contributed by atoms with Crippen molar-refractivity contribution in [3.05, 3.63) is 101 Å². The number of imidazole rings is 1. The maximum atomic E-state index is 12.8. The first-order valence-corrected chi connectivity index (χ1v) is 10.7. The number of nitrogens with zero attached hydrogens (tertiary/aromatic N) is 2. The number of benzene rings is 3. The van der Waals surface area contributed by atoms with Gasteiger partial charge in [0.15, 0.2) is 0 Å². The molecule has 1 amide bonds. The van der Waals surface area contributed by atoms with Gasteiger partial charge in [-0.1, -0.05) is 74.9 Å². The molecule has 1 N–H and O–H groups in total. The molecular weight excluding hydrogens is 382 g/mol. The quantitative estimate of drug-likeness (QED) is 0.463. The van der Waals surface area contributed by atoms with Crippen molar-refractivity contribution >= 4 is 16.9 Å². The molecule has 1 aromatic heterocycles. The fourth-order valence-electron chi connectivity index (χ4n) is 3.70. The lowest BCUT2D eigenvalue weighted by molar-refractivity contribution is 0.0949. The van der Waals surface area contributed by atoms with E-state index in [2.05, 4.69) is 67.9 Å². The lowest BCUT2D eigenvalue weighted by Gasteiger charge is -2.19. The van der Waals surface area contributed by atoms with E-state index < -0.39 is 0 Å². The number of fused-ring (bicyclic) bond motifs is 1. The minimum atomic E-state index is -0.0885. The summed E-state index contributed by atoms with van der Waals surface area (Å²) in [7, 11) is 0. The van der Waals surface area contributed by atoms with Crippen LogP contribution in [0.5, 0.6) is 0 Å². The SMILES string of the molecule is Cc1ccc(Cn2c(CNC(=O)c3ccc(C(C)(C)C)cc3)nc3ccccc32)cc1. The Morgan fingerprint density at radius 2 is 1.61 bits per heavy atom. The van der Waals surface area contributed by atoms with Crippen molar-refractivity contribution in [3.63, 3.8) is 0 Å². The van der Waals surface area contributed by atoms with Crippen molar-refractivity contribution in [2.75, 3.05) is 0 Å². The molecule has 0 aliphatic carbocycles. The molecule has 1 heterocycles. The summed E-state index contributed by atoms with van der Waals surface area (Å²) in [6.07, 6.45) is 0. The van der Waals surface area contributed by atoms with Crippen molar-refractivity contribution < 1.29 is 4.79 Å². The highest BCUT2D eigenvalue weighted by atomic mass is 16.1. The maximum Gasteiger partial charge on any atom is 0.251 e. The van der Waals surface area contributed by atoms with Crippen LogP contribution < -0.4 is 5.32 Å². The van der Waals surface area contributed by atoms with E-state index in [4.69, 9.17) is 4.98 Å². The molecule has 0 saturated heterocycles. The Labute approximate surface area is 183 Å². The fourth-order valence-corrected chi connectivity index (χ4v) is 3.70. The van der Waals surface area contributed by atoms with E-state index in [1.165, 1.54) is 16.7 Å². The summed E-state index contributed by atoms with van der Waals surface area (Å²) in [4.78, 5) is 17.5. The standard InChI is InChI=1S/C27H29N3O/c1-19-9-11-20(12-10-19)18-30-24-8-6-5-7-23(24)29-25(30)17-28-26(31)21-13-15-22(16-14-21)27(2,3)4/h5-16H,17-18H2,1-4H3,(H,28,31). The molecule has 31 heavy (non-hydrogen) atoms. The molecule has 4 heteroatoms. The molecule has 0 fully saturated rings. The van der Waals surface area contributed by atoms with Gasteiger partial charge in [0, 0.05) is 12.1 Å². The van der Waals surface area contributed by atoms with Crippen LogP contribution in [0.15, 0.2) is 72.8 Å². The first-order chi connectivity index (χ1) is 14.8. The van der Waals surface area contributed by atoms with Gasteiger partial charge in [-0.05, 0) is 47.7 Å². The number of carbonyl (C=O) groups excluding carboxylic acids is 1. The van der Waals surface area contributed by atoms with Gasteiger partial charge >= 0.3 is 0 Å². The lowest BCUT2D eigenvalue weighted by Crippen LogP contribution is -2.25. The molecular formula is C27H29N3O. The Hall–Kier alpha value is -3.40. The monoisotopic (exact) mass is 411 g/mol. The van der Waals surface area contributed by atoms with E-state index in [-0.39, 0.29) is 11.3 Å². The number of nitrogens with one attached hydrogen (secondary N) is 1. The lowest BCUT2D eigenvalue weighted by atomic mass is 9.87. The normalized spacial score (nSPS) is 11.6. The zero-order valence-electron chi connectivity index (χ0n) is 18.6. The van der Waals surface area contributed by atoms with Gasteiger partial charge in [0.25, 0.3) is 5.91 Å². The van der Waals surface area contributed by atoms with E-state index in [1.807, 2.05) is 42.5 Å². The van der Waals surface area contributed by atoms with Crippen LogP contribution in [0.2, 0.25) is 0 Å². The van der Waals surface area contributed by atoms with Crippen LogP contribution in [0.1, 0.15) is 53.6 Å². The molecule has 4 rings (SSSR count). The van der Waals surface area contributed by atoms with E-state index in [1.54, 1.807) is 0 Å². The minimum absolute atomic E-state index is 0.0653. The number of aryl methyl sites for hydroxylation is 1. The number of aromatic nitrogens is 2. The summed E-state index contributed by atoms with van der Waals surface area (Å²) in [5.74, 6) is 0.760. The summed E-state index contributed by atoms with van der Waals surface area (Å²) in [5, 5.41) is 3.05. The Balaban J connectivity index is 1.55. The molecule has 0 unspecified atom stereocenters. The van der Waals surface area contributed by atoms with Gasteiger partial charge in [-0.2, -0.15) is 0 Å². The Bertz CT molecular complexity index is 1200. The van der Waals surface area contributed by atoms with Crippen molar-refractivity contribution in [1.82, 2.24) is 14.9 Å². The predicted molar refractivity (Wildman–Crippen MR) is 126 cm³/mol. The maximum absolute atomic E-state index is 12.8. The molecule has 0 spiro atoms. The average molecular weight is 412 g/mol. The molecule has 0 saturated carbocycles. The molecule has 0 radical (unpaired) electrons. The van der Waals surface area contributed by atoms with Crippen LogP contribution in [0.3, 0.4) is 0 Å². The highest BCUT2D eigenvalue weighted by Gasteiger charge is 2.15. The van der Waals surface area contributed by atoms with E-state index in [9.17, 15) is 4.79 Å². The van der Waals surface area contributed by atoms with E-state index in [0.717, 1.165) is 16.9 Å². The zero-order valence-corrected chi connectivity index (χ0v) is 18.6. The largest absolute Gasteiger partial charge is 0.345 e. The summed E-state index contributed by atoms with van der Waals surface area (Å²) < 4.78 is 2.18. The molecule has 0 aliphatic rings. The summed E-state index contributed by atoms with van der Waals surface area (Å²) >= 11 is 0. The first-order valence-electron chi connectivity index (χ1n) is 10.7. The molecule has 0 aliphatic heterocycles. The van der Waals surface area contributed by atoms with Crippen LogP contribution in [0, 0.1) is 6.92 Å². The Morgan fingerprint density at radius 1 is 0.935 bits per heavy atom. The third-order valence-electron chi connectivity index (χ3n) is 5.62. The van der Waals surface area contributed by atoms with Gasteiger partial charge < -0.3 is 9.88 Å². The van der Waals surface area contributed by atoms with Gasteiger partial charge in [-0.15, -0.1) is 0 Å². The molecule has 4 nitrogen and oxygen atoms in total. The van der Waals surface area contributed by atoms with Crippen LogP contribution >= 0.6 is 0 Å². The van der Waals surface area contributed by atoms with Crippen LogP contribution in [0.4, 0.5) is 0 Å². The number of hydrogen-bond acceptors (Lipinski definition) is 2. The van der Waals surface area contributed by atoms with Crippen LogP contribution in [0.25, 0.3) is 11.0 Å². The summed E-state index contributed by atoms with van der Waals surface area (Å²) in [6, 6.07) is 24.5. The average Bonchev–Trinajstić information content (AvgIpc) is 3.10. The van der Waals surface area contributed by atoms with Gasteiger partial charge in [-0.25, -0.2) is 4.98 Å². The predicted octanol–water partition coefficient (Wildman–Crippen LogP) is 5.62. The third kappa shape index (κ3) is 4.69. The number of hydrogen-bond donors (Lipinski definition) is 1. The number of carbonyl (C=O) groups is 1. The second kappa shape index (κ2) is 8.38. The molecule has 0 bridgehead atoms. The minimum Gasteiger partial charge on any atom is -0.345 e. The molecule has 4 aromatic rings. The first kappa shape index (κ1) is 20.9. The number of rotatable bonds is 5. The number of para-hydroxylation sites is 2. The highest BCUT2D eigenvalue weighted by Crippen LogP contribution is 2.22. The van der Waals surface area contributed by atoms with E-state index >= 15 is 0 Å². The van der Waals surface area contributed by atoms with Gasteiger partial charge in [-0.3, -0.25) is 4.79 Å². The van der Waals surface area contributed by atoms with Gasteiger partial charge in [0.05, 0.1) is 17.6 Å². The fraction of sp³-hybridized carbons (Fsp3) is 0.259. The molecule has 3 aromatic carbocycles. The Kier molecular flexibility index (Phi) is 5.64. The highest BCUT2D eigenvalue weighted by molar-refractivity contribution is 5.94. The van der Waals surface area contributed by atoms with Crippen molar-refractivity contribution in [2.24, 2.45) is 0 Å². The third-order valence-corrected chi connectivity index (χ3v) is 5.62. The second-order valence-electron chi connectivity index (χ2n) is 9.10. The summed E-state index contributed by atoms with van der Waals surface area (Å²) in [6.45, 7) is 9.68. The summed E-state index contributed by atoms with van der Waals surface area (Å²) in [5.41, 5.74) is 6.40. The zero-order chi connectivity index (χ0) is 22.0. The number of amides is 1. The van der Waals surface area contributed by atoms with Gasteiger partial charge in [0.1, 0.15) is 5.82 Å². The molecule has 158 valence electrons. The van der Waals surface area contributed by atoms with Crippen molar-refractivity contribution in [2.45, 2.75) is 46.2 Å². The van der Waals surface area contributed by atoms with Crippen molar-refractivity contribution in [1.29, 1.82) is 0 Å². The molecule has 0 atom stereocenters. The van der Waals surface area contributed by atoms with Crippen LogP contribution in [-0.2, 0) is 18.5 Å².